The Morgan fingerprint density at radius 3 is 2.22 bits per heavy atom. The number of hydrogen-bond acceptors (Lipinski definition) is 7. The number of benzene rings is 2. The van der Waals surface area contributed by atoms with Crippen molar-refractivity contribution in [2.24, 2.45) is 0 Å². The molecule has 8 heteroatoms. The molecule has 1 unspecified atom stereocenters. The quantitative estimate of drug-likeness (QED) is 0.304. The number of methoxy groups -OCH3 is 2. The van der Waals surface area contributed by atoms with E-state index in [4.69, 9.17) is 14.2 Å². The van der Waals surface area contributed by atoms with Gasteiger partial charge in [-0.15, -0.1) is 0 Å². The summed E-state index contributed by atoms with van der Waals surface area (Å²) >= 11 is 0. The molecule has 0 bridgehead atoms. The van der Waals surface area contributed by atoms with Crippen molar-refractivity contribution < 1.29 is 28.9 Å². The normalized spacial score (nSPS) is 17.4. The summed E-state index contributed by atoms with van der Waals surface area (Å²) in [6, 6.07) is 9.82. The van der Waals surface area contributed by atoms with E-state index in [2.05, 4.69) is 20.8 Å². The van der Waals surface area contributed by atoms with E-state index in [9.17, 15) is 14.7 Å². The summed E-state index contributed by atoms with van der Waals surface area (Å²) in [5.41, 5.74) is 1.74. The molecule has 1 fully saturated rings. The van der Waals surface area contributed by atoms with Gasteiger partial charge in [0.05, 0.1) is 32.4 Å². The zero-order valence-corrected chi connectivity index (χ0v) is 23.0. The molecule has 0 aliphatic carbocycles. The summed E-state index contributed by atoms with van der Waals surface area (Å²) in [4.78, 5) is 30.1. The Bertz CT molecular complexity index is 1200. The highest BCUT2D eigenvalue weighted by Crippen LogP contribution is 2.43. The Kier molecular flexibility index (Phi) is 8.53. The van der Waals surface area contributed by atoms with E-state index in [1.54, 1.807) is 37.4 Å². The van der Waals surface area contributed by atoms with E-state index in [-0.39, 0.29) is 16.7 Å². The Labute approximate surface area is 219 Å². The maximum atomic E-state index is 13.4. The molecule has 1 atom stereocenters. The van der Waals surface area contributed by atoms with Gasteiger partial charge in [-0.25, -0.2) is 0 Å². The van der Waals surface area contributed by atoms with E-state index in [0.29, 0.717) is 42.3 Å². The van der Waals surface area contributed by atoms with Crippen molar-refractivity contribution in [3.05, 3.63) is 58.7 Å². The first-order chi connectivity index (χ1) is 17.4. The molecule has 3 rings (SSSR count). The predicted octanol–water partition coefficient (Wildman–Crippen LogP) is 4.38. The summed E-state index contributed by atoms with van der Waals surface area (Å²) in [6.07, 6.45) is 0. The van der Waals surface area contributed by atoms with Crippen LogP contribution < -0.4 is 14.2 Å². The number of nitrogens with zero attached hydrogens (tertiary/aromatic N) is 2. The van der Waals surface area contributed by atoms with Gasteiger partial charge in [-0.1, -0.05) is 26.8 Å². The maximum Gasteiger partial charge on any atom is 0.295 e. The van der Waals surface area contributed by atoms with Crippen LogP contribution in [0.3, 0.4) is 0 Å². The second-order valence-corrected chi connectivity index (χ2v) is 10.3. The van der Waals surface area contributed by atoms with E-state index < -0.39 is 17.7 Å². The second kappa shape index (κ2) is 11.3. The third-order valence-corrected chi connectivity index (χ3v) is 6.41. The minimum Gasteiger partial charge on any atom is -0.507 e. The van der Waals surface area contributed by atoms with Crippen LogP contribution in [-0.4, -0.2) is 74.6 Å². The van der Waals surface area contributed by atoms with Crippen molar-refractivity contribution >= 4 is 17.4 Å². The Hall–Kier alpha value is -3.52. The number of Topliss-reactive ketones (excluding diaryl/α,β-unsaturated/α-hetero) is 1. The van der Waals surface area contributed by atoms with Crippen LogP contribution in [0.25, 0.3) is 5.76 Å². The first kappa shape index (κ1) is 28.1. The molecule has 200 valence electrons. The fourth-order valence-corrected chi connectivity index (χ4v) is 4.49. The number of carbonyl (C=O) groups is 2. The number of rotatable bonds is 9. The van der Waals surface area contributed by atoms with Crippen LogP contribution in [0.5, 0.6) is 17.2 Å². The van der Waals surface area contributed by atoms with Gasteiger partial charge in [-0.05, 0) is 62.3 Å². The van der Waals surface area contributed by atoms with E-state index in [1.165, 1.54) is 12.0 Å². The summed E-state index contributed by atoms with van der Waals surface area (Å²) in [6.45, 7) is 9.44. The van der Waals surface area contributed by atoms with E-state index in [0.717, 1.165) is 11.3 Å². The molecule has 0 saturated carbocycles. The molecular formula is C29H38N2O6. The third kappa shape index (κ3) is 5.74. The number of likely N-dealkylation sites (tertiary alicyclic amines) is 1. The van der Waals surface area contributed by atoms with Gasteiger partial charge in [-0.2, -0.15) is 0 Å². The second-order valence-electron chi connectivity index (χ2n) is 10.3. The molecule has 0 radical (unpaired) electrons. The average molecular weight is 511 g/mol. The van der Waals surface area contributed by atoms with Gasteiger partial charge in [0.15, 0.2) is 11.5 Å². The van der Waals surface area contributed by atoms with Gasteiger partial charge in [0.2, 0.25) is 0 Å². The summed E-state index contributed by atoms with van der Waals surface area (Å²) < 4.78 is 16.7. The molecule has 8 nitrogen and oxygen atoms in total. The van der Waals surface area contributed by atoms with Crippen LogP contribution in [0.4, 0.5) is 0 Å². The average Bonchev–Trinajstić information content (AvgIpc) is 3.11. The molecule has 1 aliphatic rings. The first-order valence-corrected chi connectivity index (χ1v) is 12.4. The van der Waals surface area contributed by atoms with Gasteiger partial charge < -0.3 is 29.1 Å². The predicted molar refractivity (Wildman–Crippen MR) is 143 cm³/mol. The fourth-order valence-electron chi connectivity index (χ4n) is 4.49. The summed E-state index contributed by atoms with van der Waals surface area (Å²) in [5.74, 6) is 0.118. The largest absolute Gasteiger partial charge is 0.507 e. The minimum absolute atomic E-state index is 0.0417. The molecular weight excluding hydrogens is 472 g/mol. The number of ketones is 1. The van der Waals surface area contributed by atoms with E-state index in [1.807, 2.05) is 32.0 Å². The molecule has 2 aromatic rings. The van der Waals surface area contributed by atoms with Crippen LogP contribution in [0.2, 0.25) is 0 Å². The van der Waals surface area contributed by atoms with Crippen LogP contribution >= 0.6 is 0 Å². The highest BCUT2D eigenvalue weighted by molar-refractivity contribution is 6.46. The van der Waals surface area contributed by atoms with Crippen LogP contribution in [-0.2, 0) is 15.0 Å². The van der Waals surface area contributed by atoms with Crippen molar-refractivity contribution in [1.29, 1.82) is 0 Å². The molecule has 1 aliphatic heterocycles. The zero-order valence-electron chi connectivity index (χ0n) is 23.0. The molecule has 0 spiro atoms. The first-order valence-electron chi connectivity index (χ1n) is 12.4. The van der Waals surface area contributed by atoms with Gasteiger partial charge >= 0.3 is 0 Å². The number of carbonyl (C=O) groups excluding carboxylic acids is 2. The Morgan fingerprint density at radius 1 is 1.00 bits per heavy atom. The molecule has 0 aromatic heterocycles. The number of ether oxygens (including phenoxy) is 3. The lowest BCUT2D eigenvalue weighted by Gasteiger charge is -2.27. The molecule has 1 amide bonds. The highest BCUT2D eigenvalue weighted by atomic mass is 16.5. The number of likely N-dealkylation sites (N-methyl/N-ethyl adjacent to an activating group) is 1. The number of hydrogen-bond donors (Lipinski definition) is 1. The van der Waals surface area contributed by atoms with Gasteiger partial charge in [0.25, 0.3) is 11.7 Å². The summed E-state index contributed by atoms with van der Waals surface area (Å²) in [5, 5.41) is 11.5. The highest BCUT2D eigenvalue weighted by Gasteiger charge is 2.46. The lowest BCUT2D eigenvalue weighted by atomic mass is 9.84. The SMILES string of the molecule is CCOc1ccc(/C(O)=C2\C(=O)C(=O)N(CCN(C)C)C2c2ccc(OC)c(OC)c2)cc1C(C)(C)C. The monoisotopic (exact) mass is 510 g/mol. The van der Waals surface area contributed by atoms with Crippen molar-refractivity contribution in [3.8, 4) is 17.2 Å². The van der Waals surface area contributed by atoms with Gasteiger partial charge in [-0.3, -0.25) is 9.59 Å². The fraction of sp³-hybridized carbons (Fsp3) is 0.448. The molecule has 2 aromatic carbocycles. The smallest absolute Gasteiger partial charge is 0.295 e. The van der Waals surface area contributed by atoms with Crippen LogP contribution in [0, 0.1) is 0 Å². The topological polar surface area (TPSA) is 88.5 Å². The maximum absolute atomic E-state index is 13.4. The number of aliphatic hydroxyl groups excluding tert-OH is 1. The summed E-state index contributed by atoms with van der Waals surface area (Å²) in [7, 11) is 6.86. The lowest BCUT2D eigenvalue weighted by Crippen LogP contribution is -2.35. The minimum atomic E-state index is -0.788. The van der Waals surface area contributed by atoms with Crippen molar-refractivity contribution in [2.75, 3.05) is 48.0 Å². The molecule has 37 heavy (non-hydrogen) atoms. The van der Waals surface area contributed by atoms with Crippen molar-refractivity contribution in [2.45, 2.75) is 39.2 Å². The molecule has 1 saturated heterocycles. The number of amides is 1. The molecule has 1 heterocycles. The van der Waals surface area contributed by atoms with Gasteiger partial charge in [0.1, 0.15) is 11.5 Å². The van der Waals surface area contributed by atoms with Gasteiger partial charge in [0, 0.05) is 24.2 Å². The standard InChI is InChI=1S/C29H38N2O6/c1-9-37-21-12-11-19(16-20(21)29(2,3)4)26(32)24-25(18-10-13-22(35-7)23(17-18)36-8)31(15-14-30(5)6)28(34)27(24)33/h10-13,16-17,25,32H,9,14-15H2,1-8H3/b26-24+. The Morgan fingerprint density at radius 2 is 1.65 bits per heavy atom. The van der Waals surface area contributed by atoms with Crippen molar-refractivity contribution in [1.82, 2.24) is 9.80 Å². The number of aliphatic hydroxyl groups is 1. The third-order valence-electron chi connectivity index (χ3n) is 6.41. The zero-order chi connectivity index (χ0) is 27.5. The lowest BCUT2D eigenvalue weighted by molar-refractivity contribution is -0.140. The Balaban J connectivity index is 2.24. The van der Waals surface area contributed by atoms with Crippen molar-refractivity contribution in [3.63, 3.8) is 0 Å². The molecule has 1 N–H and O–H groups in total. The van der Waals surface area contributed by atoms with Crippen LogP contribution in [0.15, 0.2) is 42.0 Å². The van der Waals surface area contributed by atoms with E-state index >= 15 is 0 Å². The van der Waals surface area contributed by atoms with Crippen LogP contribution in [0.1, 0.15) is 50.4 Å².